The third-order valence-corrected chi connectivity index (χ3v) is 3.95. The molecule has 0 aromatic heterocycles. The van der Waals surface area contributed by atoms with Crippen LogP contribution in [0.25, 0.3) is 6.08 Å². The van der Waals surface area contributed by atoms with Gasteiger partial charge < -0.3 is 4.74 Å². The lowest BCUT2D eigenvalue weighted by atomic mass is 9.97. The van der Waals surface area contributed by atoms with Gasteiger partial charge in [-0.2, -0.15) is 0 Å². The molecule has 0 aliphatic heterocycles. The number of rotatable bonds is 3. The maximum atomic E-state index is 12.0. The standard InChI is InChI=1S/C18H24O2/c1-17(2,3)16(19)20-15-14(18(15,4)5)12-11-13-9-7-6-8-10-13/h6-12,14-15H,1-5H3/b12-11+. The Kier molecular flexibility index (Phi) is 3.77. The highest BCUT2D eigenvalue weighted by molar-refractivity contribution is 5.76. The number of benzene rings is 1. The number of hydrogen-bond acceptors (Lipinski definition) is 2. The van der Waals surface area contributed by atoms with Gasteiger partial charge in [-0.3, -0.25) is 4.79 Å². The summed E-state index contributed by atoms with van der Waals surface area (Å²) in [7, 11) is 0. The first-order chi connectivity index (χ1) is 9.23. The van der Waals surface area contributed by atoms with E-state index in [9.17, 15) is 4.79 Å². The van der Waals surface area contributed by atoms with E-state index in [1.54, 1.807) is 0 Å². The molecule has 1 saturated carbocycles. The normalized spacial score (nSPS) is 24.6. The van der Waals surface area contributed by atoms with Crippen LogP contribution in [0.15, 0.2) is 36.4 Å². The molecule has 1 aromatic rings. The van der Waals surface area contributed by atoms with Crippen molar-refractivity contribution in [3.05, 3.63) is 42.0 Å². The molecule has 1 aliphatic carbocycles. The van der Waals surface area contributed by atoms with Crippen LogP contribution < -0.4 is 0 Å². The lowest BCUT2D eigenvalue weighted by Crippen LogP contribution is -2.25. The van der Waals surface area contributed by atoms with Crippen LogP contribution in [-0.4, -0.2) is 12.1 Å². The van der Waals surface area contributed by atoms with Gasteiger partial charge in [0.15, 0.2) is 0 Å². The highest BCUT2D eigenvalue weighted by Crippen LogP contribution is 2.55. The summed E-state index contributed by atoms with van der Waals surface area (Å²) < 4.78 is 5.65. The number of hydrogen-bond donors (Lipinski definition) is 0. The molecule has 1 aromatic carbocycles. The summed E-state index contributed by atoms with van der Waals surface area (Å²) in [5.41, 5.74) is 0.773. The Morgan fingerprint density at radius 3 is 2.35 bits per heavy atom. The first-order valence-electron chi connectivity index (χ1n) is 7.17. The molecule has 0 heterocycles. The van der Waals surface area contributed by atoms with E-state index in [1.807, 2.05) is 39.0 Å². The Labute approximate surface area is 121 Å². The van der Waals surface area contributed by atoms with Crippen LogP contribution in [0, 0.1) is 16.7 Å². The van der Waals surface area contributed by atoms with E-state index in [0.29, 0.717) is 5.92 Å². The van der Waals surface area contributed by atoms with Crippen LogP contribution in [0.2, 0.25) is 0 Å². The quantitative estimate of drug-likeness (QED) is 0.766. The van der Waals surface area contributed by atoms with Crippen molar-refractivity contribution in [1.29, 1.82) is 0 Å². The van der Waals surface area contributed by atoms with Gasteiger partial charge in [-0.15, -0.1) is 0 Å². The van der Waals surface area contributed by atoms with Crippen LogP contribution in [0.4, 0.5) is 0 Å². The zero-order chi connectivity index (χ0) is 15.0. The van der Waals surface area contributed by atoms with Crippen molar-refractivity contribution in [2.75, 3.05) is 0 Å². The molecule has 0 radical (unpaired) electrons. The Morgan fingerprint density at radius 1 is 1.20 bits per heavy atom. The van der Waals surface area contributed by atoms with E-state index in [1.165, 1.54) is 5.56 Å². The smallest absolute Gasteiger partial charge is 0.311 e. The second-order valence-electron chi connectivity index (χ2n) is 7.19. The number of esters is 1. The third-order valence-electron chi connectivity index (χ3n) is 3.95. The maximum Gasteiger partial charge on any atom is 0.311 e. The first kappa shape index (κ1) is 14.8. The van der Waals surface area contributed by atoms with Gasteiger partial charge in [0.05, 0.1) is 5.41 Å². The largest absolute Gasteiger partial charge is 0.461 e. The number of carbonyl (C=O) groups excluding carboxylic acids is 1. The molecule has 0 saturated heterocycles. The molecule has 0 N–H and O–H groups in total. The summed E-state index contributed by atoms with van der Waals surface area (Å²) in [5.74, 6) is 0.181. The molecule has 108 valence electrons. The van der Waals surface area contributed by atoms with Gasteiger partial charge >= 0.3 is 5.97 Å². The van der Waals surface area contributed by atoms with E-state index < -0.39 is 5.41 Å². The zero-order valence-corrected chi connectivity index (χ0v) is 13.0. The SMILES string of the molecule is CC(C)(C)C(=O)OC1C(/C=C/c2ccccc2)C1(C)C. The van der Waals surface area contributed by atoms with Crippen molar-refractivity contribution >= 4 is 12.0 Å². The van der Waals surface area contributed by atoms with Crippen molar-refractivity contribution in [3.63, 3.8) is 0 Å². The van der Waals surface area contributed by atoms with Gasteiger partial charge in [-0.25, -0.2) is 0 Å². The minimum Gasteiger partial charge on any atom is -0.461 e. The molecule has 0 spiro atoms. The molecule has 1 fully saturated rings. The summed E-state index contributed by atoms with van der Waals surface area (Å²) in [4.78, 5) is 12.0. The summed E-state index contributed by atoms with van der Waals surface area (Å²) in [6, 6.07) is 10.2. The van der Waals surface area contributed by atoms with E-state index in [0.717, 1.165) is 0 Å². The monoisotopic (exact) mass is 272 g/mol. The van der Waals surface area contributed by atoms with E-state index in [4.69, 9.17) is 4.74 Å². The van der Waals surface area contributed by atoms with Crippen molar-refractivity contribution in [3.8, 4) is 0 Å². The molecule has 2 atom stereocenters. The van der Waals surface area contributed by atoms with Gasteiger partial charge in [0.2, 0.25) is 0 Å². The maximum absolute atomic E-state index is 12.0. The first-order valence-corrected chi connectivity index (χ1v) is 7.17. The van der Waals surface area contributed by atoms with E-state index in [-0.39, 0.29) is 17.5 Å². The van der Waals surface area contributed by atoms with Gasteiger partial charge in [-0.1, -0.05) is 56.3 Å². The molecule has 2 rings (SSSR count). The minimum atomic E-state index is -0.438. The Balaban J connectivity index is 2.00. The van der Waals surface area contributed by atoms with Crippen LogP contribution >= 0.6 is 0 Å². The second kappa shape index (κ2) is 5.08. The number of ether oxygens (including phenoxy) is 1. The Hall–Kier alpha value is -1.57. The topological polar surface area (TPSA) is 26.3 Å². The molecule has 1 aliphatic rings. The van der Waals surface area contributed by atoms with E-state index >= 15 is 0 Å². The molecule has 0 amide bonds. The van der Waals surface area contributed by atoms with Gasteiger partial charge in [0.25, 0.3) is 0 Å². The molecule has 0 bridgehead atoms. The molecular formula is C18H24O2. The van der Waals surface area contributed by atoms with Gasteiger partial charge in [0.1, 0.15) is 6.10 Å². The van der Waals surface area contributed by atoms with E-state index in [2.05, 4.69) is 38.1 Å². The van der Waals surface area contributed by atoms with Gasteiger partial charge in [-0.05, 0) is 26.3 Å². The fraction of sp³-hybridized carbons (Fsp3) is 0.500. The molecular weight excluding hydrogens is 248 g/mol. The fourth-order valence-corrected chi connectivity index (χ4v) is 2.27. The predicted molar refractivity (Wildman–Crippen MR) is 82.1 cm³/mol. The van der Waals surface area contributed by atoms with Crippen molar-refractivity contribution in [2.45, 2.75) is 40.7 Å². The Bertz CT molecular complexity index is 506. The Morgan fingerprint density at radius 2 is 1.80 bits per heavy atom. The highest BCUT2D eigenvalue weighted by Gasteiger charge is 2.59. The van der Waals surface area contributed by atoms with Crippen LogP contribution in [0.5, 0.6) is 0 Å². The van der Waals surface area contributed by atoms with Crippen molar-refractivity contribution < 1.29 is 9.53 Å². The second-order valence-corrected chi connectivity index (χ2v) is 7.19. The fourth-order valence-electron chi connectivity index (χ4n) is 2.27. The van der Waals surface area contributed by atoms with Gasteiger partial charge in [0, 0.05) is 11.3 Å². The summed E-state index contributed by atoms with van der Waals surface area (Å²) in [5, 5.41) is 0. The lowest BCUT2D eigenvalue weighted by Gasteiger charge is -2.17. The predicted octanol–water partition coefficient (Wildman–Crippen LogP) is 4.31. The molecule has 20 heavy (non-hydrogen) atoms. The zero-order valence-electron chi connectivity index (χ0n) is 13.0. The van der Waals surface area contributed by atoms with Crippen molar-refractivity contribution in [2.24, 2.45) is 16.7 Å². The minimum absolute atomic E-state index is 0.00538. The third kappa shape index (κ3) is 3.12. The van der Waals surface area contributed by atoms with Crippen LogP contribution in [0.1, 0.15) is 40.2 Å². The summed E-state index contributed by atoms with van der Waals surface area (Å²) in [6.45, 7) is 9.96. The highest BCUT2D eigenvalue weighted by atomic mass is 16.6. The van der Waals surface area contributed by atoms with Crippen LogP contribution in [-0.2, 0) is 9.53 Å². The molecule has 2 nitrogen and oxygen atoms in total. The average Bonchev–Trinajstić information content (AvgIpc) is 2.87. The average molecular weight is 272 g/mol. The van der Waals surface area contributed by atoms with Crippen LogP contribution in [0.3, 0.4) is 0 Å². The summed E-state index contributed by atoms with van der Waals surface area (Å²) >= 11 is 0. The molecule has 2 unspecified atom stereocenters. The molecule has 2 heteroatoms. The van der Waals surface area contributed by atoms with Crippen molar-refractivity contribution in [1.82, 2.24) is 0 Å². The number of carbonyl (C=O) groups is 1. The lowest BCUT2D eigenvalue weighted by molar-refractivity contribution is -0.155. The summed E-state index contributed by atoms with van der Waals surface area (Å²) in [6.07, 6.45) is 4.27.